The summed E-state index contributed by atoms with van der Waals surface area (Å²) < 4.78 is 11.4. The number of halogens is 1. The Morgan fingerprint density at radius 1 is 1.48 bits per heavy atom. The van der Waals surface area contributed by atoms with E-state index in [4.69, 9.17) is 21.1 Å². The Hall–Kier alpha value is -1.18. The lowest BCUT2D eigenvalue weighted by Crippen LogP contribution is -2.53. The number of aromatic nitrogens is 3. The van der Waals surface area contributed by atoms with Crippen molar-refractivity contribution in [3.63, 3.8) is 0 Å². The molecule has 1 aromatic heterocycles. The van der Waals surface area contributed by atoms with Gasteiger partial charge in [-0.05, 0) is 37.3 Å². The van der Waals surface area contributed by atoms with Crippen LogP contribution in [-0.2, 0) is 20.7 Å². The van der Waals surface area contributed by atoms with Gasteiger partial charge >= 0.3 is 0 Å². The van der Waals surface area contributed by atoms with Gasteiger partial charge in [0.1, 0.15) is 5.82 Å². The Labute approximate surface area is 140 Å². The van der Waals surface area contributed by atoms with E-state index in [1.54, 1.807) is 14.2 Å². The lowest BCUT2D eigenvalue weighted by atomic mass is 9.79. The van der Waals surface area contributed by atoms with Crippen molar-refractivity contribution in [1.29, 1.82) is 0 Å². The summed E-state index contributed by atoms with van der Waals surface area (Å²) in [5.41, 5.74) is -0.208. The van der Waals surface area contributed by atoms with Crippen molar-refractivity contribution in [3.8, 4) is 0 Å². The number of hydrogen-bond acceptors (Lipinski definition) is 5. The van der Waals surface area contributed by atoms with Crippen LogP contribution in [0.25, 0.3) is 0 Å². The van der Waals surface area contributed by atoms with E-state index in [0.29, 0.717) is 18.7 Å². The minimum Gasteiger partial charge on any atom is -0.381 e. The lowest BCUT2D eigenvalue weighted by molar-refractivity contribution is -0.140. The molecule has 1 amide bonds. The average molecular weight is 343 g/mol. The number of aryl methyl sites for hydroxylation is 1. The van der Waals surface area contributed by atoms with E-state index in [2.05, 4.69) is 15.2 Å². The number of fused-ring (bicyclic) bond motifs is 1. The second-order valence-electron chi connectivity index (χ2n) is 6.31. The number of hydrogen-bond donors (Lipinski definition) is 1. The average Bonchev–Trinajstić information content (AvgIpc) is 3.15. The molecule has 2 aliphatic rings. The Balaban J connectivity index is 1.65. The number of nitrogens with one attached hydrogen (secondary N) is 1. The van der Waals surface area contributed by atoms with Gasteiger partial charge in [-0.25, -0.2) is 4.98 Å². The molecule has 7 nitrogen and oxygen atoms in total. The molecule has 0 unspecified atom stereocenters. The first kappa shape index (κ1) is 16.7. The topological polar surface area (TPSA) is 80.3 Å². The minimum atomic E-state index is -0.208. The highest BCUT2D eigenvalue weighted by atomic mass is 35.5. The van der Waals surface area contributed by atoms with Gasteiger partial charge in [0.25, 0.3) is 0 Å². The number of likely N-dealkylation sites (tertiary alicyclic amines) is 1. The Bertz CT molecular complexity index is 567. The van der Waals surface area contributed by atoms with E-state index in [1.807, 2.05) is 4.90 Å². The van der Waals surface area contributed by atoms with E-state index in [0.717, 1.165) is 32.2 Å². The number of carbonyl (C=O) groups excluding carboxylic acids is 1. The fraction of sp³-hybridized carbons (Fsp3) is 0.800. The summed E-state index contributed by atoms with van der Waals surface area (Å²) in [7, 11) is 3.49. The van der Waals surface area contributed by atoms with Crippen LogP contribution < -0.4 is 0 Å². The maximum absolute atomic E-state index is 12.7. The van der Waals surface area contributed by atoms with E-state index >= 15 is 0 Å². The molecule has 3 atom stereocenters. The predicted octanol–water partition coefficient (Wildman–Crippen LogP) is 1.58. The molecule has 23 heavy (non-hydrogen) atoms. The van der Waals surface area contributed by atoms with Crippen LogP contribution in [0.15, 0.2) is 0 Å². The van der Waals surface area contributed by atoms with Crippen LogP contribution in [0.3, 0.4) is 0 Å². The zero-order valence-electron chi connectivity index (χ0n) is 13.5. The van der Waals surface area contributed by atoms with Crippen molar-refractivity contribution >= 4 is 17.5 Å². The van der Waals surface area contributed by atoms with Crippen molar-refractivity contribution in [2.24, 2.45) is 0 Å². The third kappa shape index (κ3) is 3.22. The summed E-state index contributed by atoms with van der Waals surface area (Å²) in [6, 6.07) is 0.0945. The zero-order valence-corrected chi connectivity index (χ0v) is 14.3. The molecule has 0 bridgehead atoms. The second-order valence-corrected chi connectivity index (χ2v) is 6.64. The molecule has 8 heteroatoms. The lowest BCUT2D eigenvalue weighted by Gasteiger charge is -2.43. The van der Waals surface area contributed by atoms with Crippen LogP contribution in [0.4, 0.5) is 0 Å². The van der Waals surface area contributed by atoms with E-state index in [9.17, 15) is 4.79 Å². The molecule has 0 aromatic carbocycles. The van der Waals surface area contributed by atoms with Crippen LogP contribution in [0, 0.1) is 0 Å². The summed E-state index contributed by atoms with van der Waals surface area (Å²) in [6.07, 6.45) is 4.75. The molecular weight excluding hydrogens is 320 g/mol. The second kappa shape index (κ2) is 6.75. The molecule has 0 spiro atoms. The normalized spacial score (nSPS) is 30.5. The first-order valence-corrected chi connectivity index (χ1v) is 8.40. The molecule has 3 rings (SSSR count). The Kier molecular flexibility index (Phi) is 4.89. The number of H-pyrrole nitrogens is 1. The molecule has 1 aromatic rings. The minimum absolute atomic E-state index is 0.0945. The first-order chi connectivity index (χ1) is 11.1. The molecule has 0 radical (unpaired) electrons. The molecule has 1 saturated carbocycles. The number of methoxy groups -OCH3 is 2. The number of aromatic amines is 1. The van der Waals surface area contributed by atoms with Gasteiger partial charge < -0.3 is 14.4 Å². The highest BCUT2D eigenvalue weighted by molar-refractivity contribution is 6.28. The van der Waals surface area contributed by atoms with Gasteiger partial charge in [0.15, 0.2) is 0 Å². The molecule has 1 N–H and O–H groups in total. The molecule has 1 aliphatic carbocycles. The standard InChI is InChI=1S/C15H23ClN4O3/c1-22-10-5-6-15(23-2)7-8-20(11(15)9-10)13(21)4-3-12-17-14(16)19-18-12/h10-11H,3-9H2,1-2H3,(H,17,18,19)/t10-,11+,15-/m0/s1. The highest BCUT2D eigenvalue weighted by Gasteiger charge is 2.52. The number of carbonyl (C=O) groups is 1. The van der Waals surface area contributed by atoms with Gasteiger partial charge in [-0.1, -0.05) is 0 Å². The van der Waals surface area contributed by atoms with Gasteiger partial charge in [-0.2, -0.15) is 0 Å². The summed E-state index contributed by atoms with van der Waals surface area (Å²) in [6.45, 7) is 0.741. The van der Waals surface area contributed by atoms with Crippen LogP contribution in [-0.4, -0.2) is 64.5 Å². The predicted molar refractivity (Wildman–Crippen MR) is 84.2 cm³/mol. The summed E-state index contributed by atoms with van der Waals surface area (Å²) in [5, 5.41) is 6.69. The number of amides is 1. The van der Waals surface area contributed by atoms with E-state index < -0.39 is 0 Å². The highest BCUT2D eigenvalue weighted by Crippen LogP contribution is 2.43. The third-order valence-electron chi connectivity index (χ3n) is 5.28. The van der Waals surface area contributed by atoms with Gasteiger partial charge in [-0.3, -0.25) is 9.89 Å². The maximum atomic E-state index is 12.7. The summed E-state index contributed by atoms with van der Waals surface area (Å²) in [4.78, 5) is 18.7. The van der Waals surface area contributed by atoms with Crippen LogP contribution in [0.2, 0.25) is 5.28 Å². The van der Waals surface area contributed by atoms with Gasteiger partial charge in [0.2, 0.25) is 11.2 Å². The van der Waals surface area contributed by atoms with Crippen molar-refractivity contribution in [1.82, 2.24) is 20.1 Å². The Morgan fingerprint density at radius 2 is 2.30 bits per heavy atom. The SMILES string of the molecule is CO[C@H]1CC[C@]2(OC)CCN(C(=O)CCc3nc(Cl)n[nH]3)[C@@H]2C1. The van der Waals surface area contributed by atoms with Crippen LogP contribution in [0.1, 0.15) is 37.9 Å². The smallest absolute Gasteiger partial charge is 0.242 e. The zero-order chi connectivity index (χ0) is 16.4. The van der Waals surface area contributed by atoms with Crippen molar-refractivity contribution < 1.29 is 14.3 Å². The van der Waals surface area contributed by atoms with Crippen molar-refractivity contribution in [2.75, 3.05) is 20.8 Å². The van der Waals surface area contributed by atoms with Gasteiger partial charge in [0, 0.05) is 33.6 Å². The fourth-order valence-electron chi connectivity index (χ4n) is 3.93. The van der Waals surface area contributed by atoms with Gasteiger partial charge in [0.05, 0.1) is 17.7 Å². The van der Waals surface area contributed by atoms with Crippen molar-refractivity contribution in [2.45, 2.75) is 56.3 Å². The van der Waals surface area contributed by atoms with Crippen LogP contribution in [0.5, 0.6) is 0 Å². The first-order valence-electron chi connectivity index (χ1n) is 8.02. The van der Waals surface area contributed by atoms with Gasteiger partial charge in [-0.15, -0.1) is 5.10 Å². The molecule has 2 heterocycles. The maximum Gasteiger partial charge on any atom is 0.242 e. The molecule has 1 saturated heterocycles. The number of nitrogens with zero attached hydrogens (tertiary/aromatic N) is 3. The molecule has 2 fully saturated rings. The number of ether oxygens (including phenoxy) is 2. The Morgan fingerprint density at radius 3 is 2.96 bits per heavy atom. The summed E-state index contributed by atoms with van der Waals surface area (Å²) in [5.74, 6) is 0.761. The number of rotatable bonds is 5. The molecule has 1 aliphatic heterocycles. The molecular formula is C15H23ClN4O3. The van der Waals surface area contributed by atoms with Crippen molar-refractivity contribution in [3.05, 3.63) is 11.1 Å². The van der Waals surface area contributed by atoms with E-state index in [1.165, 1.54) is 0 Å². The fourth-order valence-corrected chi connectivity index (χ4v) is 4.07. The summed E-state index contributed by atoms with van der Waals surface area (Å²) >= 11 is 5.68. The van der Waals surface area contributed by atoms with E-state index in [-0.39, 0.29) is 28.9 Å². The monoisotopic (exact) mass is 342 g/mol. The van der Waals surface area contributed by atoms with Crippen LogP contribution >= 0.6 is 11.6 Å². The molecule has 128 valence electrons. The third-order valence-corrected chi connectivity index (χ3v) is 5.44. The largest absolute Gasteiger partial charge is 0.381 e. The quantitative estimate of drug-likeness (QED) is 0.878.